The lowest BCUT2D eigenvalue weighted by Crippen LogP contribution is -2.15. The van der Waals surface area contributed by atoms with E-state index in [0.29, 0.717) is 11.4 Å². The number of anilines is 1. The zero-order valence-corrected chi connectivity index (χ0v) is 12.7. The van der Waals surface area contributed by atoms with Gasteiger partial charge in [0.05, 0.1) is 17.1 Å². The smallest absolute Gasteiger partial charge is 0.276 e. The number of hydrogen-bond acceptors (Lipinski definition) is 3. The Bertz CT molecular complexity index is 831. The third kappa shape index (κ3) is 2.63. The molecule has 1 amide bonds. The summed E-state index contributed by atoms with van der Waals surface area (Å²) >= 11 is 0. The molecule has 0 atom stereocenters. The molecule has 0 radical (unpaired) electrons. The molecule has 22 heavy (non-hydrogen) atoms. The summed E-state index contributed by atoms with van der Waals surface area (Å²) in [5.74, 6) is -0.252. The number of aryl methyl sites for hydroxylation is 3. The Balaban J connectivity index is 1.95. The van der Waals surface area contributed by atoms with Crippen molar-refractivity contribution in [3.63, 3.8) is 0 Å². The Kier molecular flexibility index (Phi) is 3.50. The molecule has 112 valence electrons. The van der Waals surface area contributed by atoms with Crippen molar-refractivity contribution in [2.75, 3.05) is 5.32 Å². The van der Waals surface area contributed by atoms with E-state index in [4.69, 9.17) is 0 Å². The van der Waals surface area contributed by atoms with Crippen molar-refractivity contribution in [2.24, 2.45) is 0 Å². The van der Waals surface area contributed by atoms with Gasteiger partial charge in [-0.25, -0.2) is 4.68 Å². The standard InChI is InChI=1S/C16H17N5O/c1-10-9-14(19-18-10)16(22)17-13-6-4-5-7-15(13)21-12(3)8-11(2)20-21/h4-9H,1-3H3,(H,17,22)(H,18,19). The predicted octanol–water partition coefficient (Wildman–Crippen LogP) is 2.77. The van der Waals surface area contributed by atoms with Gasteiger partial charge in [-0.3, -0.25) is 9.89 Å². The highest BCUT2D eigenvalue weighted by atomic mass is 16.1. The zero-order chi connectivity index (χ0) is 15.7. The van der Waals surface area contributed by atoms with E-state index in [1.807, 2.05) is 55.8 Å². The fraction of sp³-hybridized carbons (Fsp3) is 0.188. The first-order valence-corrected chi connectivity index (χ1v) is 7.00. The van der Waals surface area contributed by atoms with Crippen LogP contribution in [0, 0.1) is 20.8 Å². The lowest BCUT2D eigenvalue weighted by Gasteiger charge is -2.11. The van der Waals surface area contributed by atoms with Gasteiger partial charge in [0.2, 0.25) is 0 Å². The van der Waals surface area contributed by atoms with Gasteiger partial charge < -0.3 is 5.32 Å². The second-order valence-corrected chi connectivity index (χ2v) is 5.25. The summed E-state index contributed by atoms with van der Waals surface area (Å²) in [5.41, 5.74) is 4.67. The monoisotopic (exact) mass is 295 g/mol. The van der Waals surface area contributed by atoms with Crippen molar-refractivity contribution in [1.29, 1.82) is 0 Å². The van der Waals surface area contributed by atoms with E-state index < -0.39 is 0 Å². The van der Waals surface area contributed by atoms with Gasteiger partial charge in [-0.2, -0.15) is 10.2 Å². The lowest BCUT2D eigenvalue weighted by molar-refractivity contribution is 0.102. The van der Waals surface area contributed by atoms with Gasteiger partial charge in [-0.15, -0.1) is 0 Å². The topological polar surface area (TPSA) is 75.6 Å². The van der Waals surface area contributed by atoms with Crippen molar-refractivity contribution >= 4 is 11.6 Å². The summed E-state index contributed by atoms with van der Waals surface area (Å²) in [7, 11) is 0. The molecule has 1 aromatic carbocycles. The summed E-state index contributed by atoms with van der Waals surface area (Å²) < 4.78 is 1.82. The average Bonchev–Trinajstić information content (AvgIpc) is 3.05. The van der Waals surface area contributed by atoms with Gasteiger partial charge in [0, 0.05) is 11.4 Å². The van der Waals surface area contributed by atoms with Crippen LogP contribution in [0.1, 0.15) is 27.6 Å². The second-order valence-electron chi connectivity index (χ2n) is 5.25. The Labute approximate surface area is 128 Å². The highest BCUT2D eigenvalue weighted by Gasteiger charge is 2.14. The van der Waals surface area contributed by atoms with Gasteiger partial charge in [0.1, 0.15) is 0 Å². The summed E-state index contributed by atoms with van der Waals surface area (Å²) in [6, 6.07) is 11.3. The first-order chi connectivity index (χ1) is 10.5. The largest absolute Gasteiger partial charge is 0.319 e. The molecule has 0 aliphatic heterocycles. The minimum absolute atomic E-state index is 0.252. The molecule has 6 nitrogen and oxygen atoms in total. The number of aromatic amines is 1. The number of nitrogens with zero attached hydrogens (tertiary/aromatic N) is 3. The molecule has 2 N–H and O–H groups in total. The van der Waals surface area contributed by atoms with Crippen LogP contribution in [0.2, 0.25) is 0 Å². The minimum atomic E-state index is -0.252. The number of amides is 1. The number of nitrogens with one attached hydrogen (secondary N) is 2. The van der Waals surface area contributed by atoms with Gasteiger partial charge in [-0.1, -0.05) is 12.1 Å². The molecular formula is C16H17N5O. The third-order valence-electron chi connectivity index (χ3n) is 3.33. The summed E-state index contributed by atoms with van der Waals surface area (Å²) in [6.07, 6.45) is 0. The molecule has 6 heteroatoms. The summed E-state index contributed by atoms with van der Waals surface area (Å²) in [4.78, 5) is 12.3. The van der Waals surface area contributed by atoms with Crippen LogP contribution in [0.5, 0.6) is 0 Å². The molecule has 0 unspecified atom stereocenters. The molecule has 3 aromatic rings. The maximum Gasteiger partial charge on any atom is 0.276 e. The van der Waals surface area contributed by atoms with Gasteiger partial charge in [0.25, 0.3) is 5.91 Å². The van der Waals surface area contributed by atoms with E-state index in [2.05, 4.69) is 20.6 Å². The van der Waals surface area contributed by atoms with Crippen molar-refractivity contribution in [3.05, 3.63) is 59.2 Å². The maximum absolute atomic E-state index is 12.3. The Morgan fingerprint density at radius 2 is 1.95 bits per heavy atom. The first kappa shape index (κ1) is 14.1. The van der Waals surface area contributed by atoms with Crippen molar-refractivity contribution in [1.82, 2.24) is 20.0 Å². The zero-order valence-electron chi connectivity index (χ0n) is 12.7. The van der Waals surface area contributed by atoms with Crippen LogP contribution in [-0.4, -0.2) is 25.9 Å². The maximum atomic E-state index is 12.3. The normalized spacial score (nSPS) is 10.7. The van der Waals surface area contributed by atoms with Crippen molar-refractivity contribution < 1.29 is 4.79 Å². The molecule has 0 bridgehead atoms. The predicted molar refractivity (Wildman–Crippen MR) is 84.3 cm³/mol. The van der Waals surface area contributed by atoms with Crippen LogP contribution < -0.4 is 5.32 Å². The quantitative estimate of drug-likeness (QED) is 0.780. The highest BCUT2D eigenvalue weighted by molar-refractivity contribution is 6.04. The molecule has 2 aromatic heterocycles. The Hall–Kier alpha value is -2.89. The van der Waals surface area contributed by atoms with E-state index in [-0.39, 0.29) is 5.91 Å². The van der Waals surface area contributed by atoms with E-state index in [0.717, 1.165) is 22.8 Å². The van der Waals surface area contributed by atoms with E-state index >= 15 is 0 Å². The van der Waals surface area contributed by atoms with Crippen LogP contribution in [-0.2, 0) is 0 Å². The molecule has 0 saturated carbocycles. The van der Waals surface area contributed by atoms with E-state index in [9.17, 15) is 4.79 Å². The molecular weight excluding hydrogens is 278 g/mol. The molecule has 0 spiro atoms. The van der Waals surface area contributed by atoms with Crippen LogP contribution >= 0.6 is 0 Å². The number of hydrogen-bond donors (Lipinski definition) is 2. The molecule has 0 aliphatic carbocycles. The number of carbonyl (C=O) groups excluding carboxylic acids is 1. The summed E-state index contributed by atoms with van der Waals surface area (Å²) in [5, 5.41) is 14.1. The number of rotatable bonds is 3. The minimum Gasteiger partial charge on any atom is -0.319 e. The van der Waals surface area contributed by atoms with E-state index in [1.54, 1.807) is 6.07 Å². The average molecular weight is 295 g/mol. The van der Waals surface area contributed by atoms with Crippen LogP contribution in [0.25, 0.3) is 5.69 Å². The van der Waals surface area contributed by atoms with Gasteiger partial charge >= 0.3 is 0 Å². The fourth-order valence-electron chi connectivity index (χ4n) is 2.36. The fourth-order valence-corrected chi connectivity index (χ4v) is 2.36. The third-order valence-corrected chi connectivity index (χ3v) is 3.33. The highest BCUT2D eigenvalue weighted by Crippen LogP contribution is 2.22. The van der Waals surface area contributed by atoms with Crippen LogP contribution in [0.15, 0.2) is 36.4 Å². The molecule has 0 aliphatic rings. The summed E-state index contributed by atoms with van der Waals surface area (Å²) in [6.45, 7) is 5.78. The number of aromatic nitrogens is 4. The number of para-hydroxylation sites is 2. The molecule has 3 rings (SSSR count). The molecule has 0 saturated heterocycles. The van der Waals surface area contributed by atoms with Crippen LogP contribution in [0.3, 0.4) is 0 Å². The number of benzene rings is 1. The van der Waals surface area contributed by atoms with Crippen molar-refractivity contribution in [2.45, 2.75) is 20.8 Å². The van der Waals surface area contributed by atoms with Crippen molar-refractivity contribution in [3.8, 4) is 5.69 Å². The number of carbonyl (C=O) groups is 1. The van der Waals surface area contributed by atoms with Crippen LogP contribution in [0.4, 0.5) is 5.69 Å². The van der Waals surface area contributed by atoms with Gasteiger partial charge in [0.15, 0.2) is 5.69 Å². The SMILES string of the molecule is Cc1cc(C)n(-c2ccccc2NC(=O)c2cc(C)[nH]n2)n1. The van der Waals surface area contributed by atoms with E-state index in [1.165, 1.54) is 0 Å². The number of H-pyrrole nitrogens is 1. The molecule has 2 heterocycles. The lowest BCUT2D eigenvalue weighted by atomic mass is 10.2. The second kappa shape index (κ2) is 5.48. The molecule has 0 fully saturated rings. The Morgan fingerprint density at radius 3 is 2.59 bits per heavy atom. The van der Waals surface area contributed by atoms with Gasteiger partial charge in [-0.05, 0) is 45.0 Å². The first-order valence-electron chi connectivity index (χ1n) is 7.00. The Morgan fingerprint density at radius 1 is 1.18 bits per heavy atom.